The molecule has 0 radical (unpaired) electrons. The van der Waals surface area contributed by atoms with Gasteiger partial charge in [0, 0.05) is 0 Å². The van der Waals surface area contributed by atoms with Crippen LogP contribution in [0.15, 0.2) is 0 Å². The molecule has 0 aliphatic heterocycles. The van der Waals surface area contributed by atoms with Crippen molar-refractivity contribution in [2.75, 3.05) is 13.2 Å². The second-order valence-corrected chi connectivity index (χ2v) is 4.34. The number of aliphatic hydroxyl groups is 1. The number of alkyl halides is 3. The van der Waals surface area contributed by atoms with Gasteiger partial charge in [0.1, 0.15) is 11.5 Å². The van der Waals surface area contributed by atoms with Crippen molar-refractivity contribution in [1.82, 2.24) is 5.48 Å². The zero-order valence-corrected chi connectivity index (χ0v) is 9.80. The van der Waals surface area contributed by atoms with Crippen LogP contribution in [-0.2, 0) is 9.57 Å². The molecule has 0 spiro atoms. The van der Waals surface area contributed by atoms with E-state index in [9.17, 15) is 18.0 Å². The van der Waals surface area contributed by atoms with E-state index in [0.29, 0.717) is 0 Å². The first-order chi connectivity index (χ1) is 7.56. The highest BCUT2D eigenvalue weighted by Gasteiger charge is 2.39. The van der Waals surface area contributed by atoms with Gasteiger partial charge in [-0.15, -0.1) is 0 Å². The molecule has 0 heterocycles. The first-order valence-electron chi connectivity index (χ1n) is 4.84. The maximum atomic E-state index is 12.1. The lowest BCUT2D eigenvalue weighted by atomic mass is 10.2. The topological polar surface area (TPSA) is 67.8 Å². The summed E-state index contributed by atoms with van der Waals surface area (Å²) in [6, 6.07) is 0. The molecular weight excluding hydrogens is 243 g/mol. The van der Waals surface area contributed by atoms with Crippen LogP contribution in [0.2, 0.25) is 0 Å². The van der Waals surface area contributed by atoms with E-state index in [1.165, 1.54) is 0 Å². The first kappa shape index (κ1) is 16.0. The Morgan fingerprint density at radius 3 is 2.24 bits per heavy atom. The summed E-state index contributed by atoms with van der Waals surface area (Å²) in [4.78, 5) is 15.3. The summed E-state index contributed by atoms with van der Waals surface area (Å²) in [5, 5.41) is 8.47. The highest BCUT2D eigenvalue weighted by molar-refractivity contribution is 5.66. The largest absolute Gasteiger partial charge is 0.442 e. The average molecular weight is 259 g/mol. The number of rotatable bonds is 4. The number of hydrogen-bond acceptors (Lipinski definition) is 4. The van der Waals surface area contributed by atoms with Crippen molar-refractivity contribution in [2.45, 2.75) is 32.5 Å². The van der Waals surface area contributed by atoms with E-state index < -0.39 is 37.0 Å². The molecule has 5 nitrogen and oxygen atoms in total. The van der Waals surface area contributed by atoms with Crippen molar-refractivity contribution in [3.05, 3.63) is 0 Å². The van der Waals surface area contributed by atoms with Crippen molar-refractivity contribution in [1.29, 1.82) is 0 Å². The molecule has 17 heavy (non-hydrogen) atoms. The van der Waals surface area contributed by atoms with E-state index in [-0.39, 0.29) is 0 Å². The van der Waals surface area contributed by atoms with Gasteiger partial charge in [0.2, 0.25) is 0 Å². The van der Waals surface area contributed by atoms with Crippen LogP contribution < -0.4 is 5.48 Å². The maximum absolute atomic E-state index is 12.1. The molecule has 1 atom stereocenters. The number of ether oxygens (including phenoxy) is 1. The molecule has 0 aliphatic rings. The molecule has 0 aromatic carbocycles. The van der Waals surface area contributed by atoms with Gasteiger partial charge in [-0.05, 0) is 20.8 Å². The highest BCUT2D eigenvalue weighted by Crippen LogP contribution is 2.25. The zero-order chi connectivity index (χ0) is 13.7. The summed E-state index contributed by atoms with van der Waals surface area (Å²) in [7, 11) is 0. The van der Waals surface area contributed by atoms with Crippen LogP contribution in [0.5, 0.6) is 0 Å². The van der Waals surface area contributed by atoms with Gasteiger partial charge in [0.05, 0.1) is 13.2 Å². The fourth-order valence-electron chi connectivity index (χ4n) is 0.751. The Morgan fingerprint density at radius 1 is 1.35 bits per heavy atom. The van der Waals surface area contributed by atoms with Gasteiger partial charge in [-0.1, -0.05) is 0 Å². The molecule has 8 heteroatoms. The predicted octanol–water partition coefficient (Wildman–Crippen LogP) is 1.61. The lowest BCUT2D eigenvalue weighted by Gasteiger charge is -2.21. The van der Waals surface area contributed by atoms with Crippen molar-refractivity contribution >= 4 is 6.09 Å². The minimum absolute atomic E-state index is 0.770. The van der Waals surface area contributed by atoms with E-state index in [2.05, 4.69) is 4.84 Å². The Bertz CT molecular complexity index is 250. The van der Waals surface area contributed by atoms with Crippen LogP contribution in [-0.4, -0.2) is 36.2 Å². The van der Waals surface area contributed by atoms with Crippen molar-refractivity contribution in [2.24, 2.45) is 5.92 Å². The van der Waals surface area contributed by atoms with Gasteiger partial charge in [-0.3, -0.25) is 4.84 Å². The molecule has 2 N–H and O–H groups in total. The van der Waals surface area contributed by atoms with Gasteiger partial charge in [0.25, 0.3) is 0 Å². The van der Waals surface area contributed by atoms with E-state index in [4.69, 9.17) is 9.84 Å². The van der Waals surface area contributed by atoms with Crippen molar-refractivity contribution in [3.63, 3.8) is 0 Å². The van der Waals surface area contributed by atoms with Gasteiger partial charge in [-0.2, -0.15) is 18.7 Å². The van der Waals surface area contributed by atoms with E-state index in [0.717, 1.165) is 0 Å². The summed E-state index contributed by atoms with van der Waals surface area (Å²) in [6.45, 7) is 2.80. The normalized spacial score (nSPS) is 14.3. The number of aliphatic hydroxyl groups excluding tert-OH is 1. The molecule has 0 bridgehead atoms. The second kappa shape index (κ2) is 6.06. The number of halogens is 3. The van der Waals surface area contributed by atoms with Gasteiger partial charge in [0.15, 0.2) is 0 Å². The van der Waals surface area contributed by atoms with Gasteiger partial charge < -0.3 is 9.84 Å². The second-order valence-electron chi connectivity index (χ2n) is 4.34. The van der Waals surface area contributed by atoms with Crippen LogP contribution >= 0.6 is 0 Å². The molecule has 0 fully saturated rings. The van der Waals surface area contributed by atoms with Crippen molar-refractivity contribution < 1.29 is 32.6 Å². The molecular formula is C9H16F3NO4. The maximum Gasteiger partial charge on any atom is 0.431 e. The summed E-state index contributed by atoms with van der Waals surface area (Å²) in [6.07, 6.45) is -5.57. The Labute approximate surface area is 96.8 Å². The quantitative estimate of drug-likeness (QED) is 0.753. The van der Waals surface area contributed by atoms with Crippen LogP contribution in [0.1, 0.15) is 20.8 Å². The average Bonchev–Trinajstić information content (AvgIpc) is 2.07. The molecule has 0 saturated heterocycles. The van der Waals surface area contributed by atoms with Crippen LogP contribution in [0.25, 0.3) is 0 Å². The minimum Gasteiger partial charge on any atom is -0.442 e. The van der Waals surface area contributed by atoms with E-state index >= 15 is 0 Å². The van der Waals surface area contributed by atoms with E-state index in [1.807, 2.05) is 0 Å². The van der Waals surface area contributed by atoms with Crippen LogP contribution in [0.4, 0.5) is 18.0 Å². The molecule has 1 unspecified atom stereocenters. The fraction of sp³-hybridized carbons (Fsp3) is 0.889. The third kappa shape index (κ3) is 7.81. The predicted molar refractivity (Wildman–Crippen MR) is 52.0 cm³/mol. The number of carbonyl (C=O) groups excluding carboxylic acids is 1. The standard InChI is InChI=1S/C9H16F3NO4/c1-8(2,3)17-7(15)13-16-5-6(4-14)9(10,11)12/h6,14H,4-5H2,1-3H3,(H,13,15). The van der Waals surface area contributed by atoms with Gasteiger partial charge >= 0.3 is 12.3 Å². The lowest BCUT2D eigenvalue weighted by molar-refractivity contribution is -0.202. The van der Waals surface area contributed by atoms with Crippen molar-refractivity contribution in [3.8, 4) is 0 Å². The number of carbonyl (C=O) groups is 1. The third-order valence-corrected chi connectivity index (χ3v) is 1.52. The van der Waals surface area contributed by atoms with E-state index in [1.54, 1.807) is 26.3 Å². The van der Waals surface area contributed by atoms with Gasteiger partial charge in [-0.25, -0.2) is 4.79 Å². The first-order valence-corrected chi connectivity index (χ1v) is 4.84. The monoisotopic (exact) mass is 259 g/mol. The number of nitrogens with one attached hydrogen (secondary N) is 1. The zero-order valence-electron chi connectivity index (χ0n) is 9.80. The summed E-state index contributed by atoms with van der Waals surface area (Å²) < 4.78 is 41.1. The Kier molecular flexibility index (Phi) is 5.70. The number of hydroxylamine groups is 1. The number of amides is 1. The number of hydrogen-bond donors (Lipinski definition) is 2. The molecule has 0 aromatic heterocycles. The summed E-state index contributed by atoms with van der Waals surface area (Å²) in [5.41, 5.74) is 0.934. The third-order valence-electron chi connectivity index (χ3n) is 1.52. The smallest absolute Gasteiger partial charge is 0.431 e. The lowest BCUT2D eigenvalue weighted by Crippen LogP contribution is -2.37. The highest BCUT2D eigenvalue weighted by atomic mass is 19.4. The molecule has 0 rings (SSSR count). The Hall–Kier alpha value is -1.02. The SMILES string of the molecule is CC(C)(C)OC(=O)NOCC(CO)C(F)(F)F. The Morgan fingerprint density at radius 2 is 1.88 bits per heavy atom. The molecule has 0 saturated carbocycles. The van der Waals surface area contributed by atoms with Crippen LogP contribution in [0, 0.1) is 5.92 Å². The molecule has 0 aromatic rings. The summed E-state index contributed by atoms with van der Waals surface area (Å²) in [5.74, 6) is -2.04. The Balaban J connectivity index is 3.95. The van der Waals surface area contributed by atoms with Crippen LogP contribution in [0.3, 0.4) is 0 Å². The molecule has 102 valence electrons. The molecule has 0 aliphatic carbocycles. The fourth-order valence-corrected chi connectivity index (χ4v) is 0.751. The minimum atomic E-state index is -4.58. The summed E-state index contributed by atoms with van der Waals surface area (Å²) >= 11 is 0. The molecule has 1 amide bonds.